The molecule has 0 saturated heterocycles. The summed E-state index contributed by atoms with van der Waals surface area (Å²) in [7, 11) is 0. The number of benzene rings is 2. The summed E-state index contributed by atoms with van der Waals surface area (Å²) in [6.45, 7) is 2.38. The van der Waals surface area contributed by atoms with Crippen LogP contribution in [0.2, 0.25) is 0 Å². The van der Waals surface area contributed by atoms with Gasteiger partial charge in [0, 0.05) is 37.5 Å². The van der Waals surface area contributed by atoms with Gasteiger partial charge in [0.15, 0.2) is 11.5 Å². The quantitative estimate of drug-likeness (QED) is 0.637. The lowest BCUT2D eigenvalue weighted by Gasteiger charge is -2.23. The van der Waals surface area contributed by atoms with Crippen molar-refractivity contribution < 1.29 is 14.3 Å². The molecular formula is C24H24N2O3. The fraction of sp³-hybridized carbons (Fsp3) is 0.250. The Morgan fingerprint density at radius 1 is 0.897 bits per heavy atom. The lowest BCUT2D eigenvalue weighted by Crippen LogP contribution is -2.32. The number of amides is 1. The number of hydrogen-bond donors (Lipinski definition) is 0. The van der Waals surface area contributed by atoms with E-state index >= 15 is 0 Å². The number of pyridine rings is 1. The van der Waals surface area contributed by atoms with Gasteiger partial charge in [-0.15, -0.1) is 0 Å². The Kier molecular flexibility index (Phi) is 6.05. The van der Waals surface area contributed by atoms with Gasteiger partial charge >= 0.3 is 0 Å². The highest BCUT2D eigenvalue weighted by Crippen LogP contribution is 2.31. The molecule has 5 nitrogen and oxygen atoms in total. The van der Waals surface area contributed by atoms with Crippen molar-refractivity contribution in [3.63, 3.8) is 0 Å². The second-order valence-corrected chi connectivity index (χ2v) is 7.03. The molecule has 0 saturated carbocycles. The summed E-state index contributed by atoms with van der Waals surface area (Å²) in [5.74, 6) is 1.32. The van der Waals surface area contributed by atoms with Gasteiger partial charge in [-0.2, -0.15) is 0 Å². The topological polar surface area (TPSA) is 51.7 Å². The van der Waals surface area contributed by atoms with Crippen molar-refractivity contribution in [2.45, 2.75) is 19.4 Å². The maximum absolute atomic E-state index is 13.4. The first-order chi connectivity index (χ1) is 14.3. The molecule has 29 heavy (non-hydrogen) atoms. The van der Waals surface area contributed by atoms with E-state index in [9.17, 15) is 4.79 Å². The minimum atomic E-state index is -0.0200. The zero-order chi connectivity index (χ0) is 19.9. The molecule has 2 heterocycles. The molecule has 148 valence electrons. The summed E-state index contributed by atoms with van der Waals surface area (Å²) in [6.07, 6.45) is 5.14. The average Bonchev–Trinajstić information content (AvgIpc) is 3.02. The summed E-state index contributed by atoms with van der Waals surface area (Å²) >= 11 is 0. The van der Waals surface area contributed by atoms with Gasteiger partial charge in [0.1, 0.15) is 0 Å². The Morgan fingerprint density at radius 2 is 1.66 bits per heavy atom. The molecule has 0 bridgehead atoms. The summed E-state index contributed by atoms with van der Waals surface area (Å²) in [5, 5.41) is 0. The molecule has 2 aromatic carbocycles. The van der Waals surface area contributed by atoms with Gasteiger partial charge in [-0.1, -0.05) is 30.3 Å². The van der Waals surface area contributed by atoms with Crippen LogP contribution in [0.1, 0.15) is 27.9 Å². The Morgan fingerprint density at radius 3 is 2.45 bits per heavy atom. The smallest absolute Gasteiger partial charge is 0.254 e. The highest BCUT2D eigenvalue weighted by molar-refractivity contribution is 5.95. The Labute approximate surface area is 170 Å². The van der Waals surface area contributed by atoms with E-state index in [0.717, 1.165) is 18.4 Å². The van der Waals surface area contributed by atoms with E-state index in [2.05, 4.69) is 17.1 Å². The molecule has 0 aliphatic carbocycles. The third-order valence-corrected chi connectivity index (χ3v) is 4.92. The molecule has 0 fully saturated rings. The highest BCUT2D eigenvalue weighted by atomic mass is 16.5. The van der Waals surface area contributed by atoms with E-state index < -0.39 is 0 Å². The van der Waals surface area contributed by atoms with Gasteiger partial charge in [0.25, 0.3) is 5.91 Å². The van der Waals surface area contributed by atoms with Gasteiger partial charge in [-0.05, 0) is 47.9 Å². The summed E-state index contributed by atoms with van der Waals surface area (Å²) < 4.78 is 11.5. The van der Waals surface area contributed by atoms with E-state index in [1.54, 1.807) is 18.5 Å². The number of rotatable bonds is 6. The molecule has 1 amide bonds. The molecule has 4 rings (SSSR count). The molecule has 1 aliphatic heterocycles. The van der Waals surface area contributed by atoms with Crippen LogP contribution in [0.4, 0.5) is 0 Å². The normalized spacial score (nSPS) is 12.8. The minimum absolute atomic E-state index is 0.0200. The van der Waals surface area contributed by atoms with E-state index in [-0.39, 0.29) is 5.91 Å². The molecule has 0 radical (unpaired) electrons. The van der Waals surface area contributed by atoms with Crippen LogP contribution in [0.3, 0.4) is 0 Å². The van der Waals surface area contributed by atoms with Gasteiger partial charge in [0.05, 0.1) is 13.2 Å². The zero-order valence-electron chi connectivity index (χ0n) is 16.3. The van der Waals surface area contributed by atoms with Crippen LogP contribution in [-0.2, 0) is 13.0 Å². The molecule has 1 aromatic heterocycles. The lowest BCUT2D eigenvalue weighted by molar-refractivity contribution is 0.0744. The van der Waals surface area contributed by atoms with E-state index in [1.807, 2.05) is 47.4 Å². The van der Waals surface area contributed by atoms with Crippen LogP contribution in [0.25, 0.3) is 0 Å². The van der Waals surface area contributed by atoms with Crippen LogP contribution in [-0.4, -0.2) is 35.5 Å². The predicted octanol–water partition coefficient (Wildman–Crippen LogP) is 4.13. The summed E-state index contributed by atoms with van der Waals surface area (Å²) in [6, 6.07) is 19.5. The number of carbonyl (C=O) groups excluding carboxylic acids is 1. The van der Waals surface area contributed by atoms with Gasteiger partial charge in [0.2, 0.25) is 0 Å². The third-order valence-electron chi connectivity index (χ3n) is 4.92. The van der Waals surface area contributed by atoms with E-state index in [4.69, 9.17) is 9.47 Å². The van der Waals surface area contributed by atoms with Gasteiger partial charge in [-0.3, -0.25) is 9.78 Å². The monoisotopic (exact) mass is 388 g/mol. The fourth-order valence-electron chi connectivity index (χ4n) is 3.35. The van der Waals surface area contributed by atoms with Crippen molar-refractivity contribution in [2.24, 2.45) is 0 Å². The van der Waals surface area contributed by atoms with Crippen molar-refractivity contribution in [1.82, 2.24) is 9.88 Å². The first-order valence-corrected chi connectivity index (χ1v) is 9.91. The lowest BCUT2D eigenvalue weighted by atomic mass is 10.1. The highest BCUT2D eigenvalue weighted by Gasteiger charge is 2.19. The van der Waals surface area contributed by atoms with Gasteiger partial charge in [-0.25, -0.2) is 0 Å². The maximum atomic E-state index is 13.4. The molecule has 0 spiro atoms. The fourth-order valence-corrected chi connectivity index (χ4v) is 3.35. The number of hydrogen-bond acceptors (Lipinski definition) is 4. The van der Waals surface area contributed by atoms with Crippen LogP contribution in [0, 0.1) is 0 Å². The second kappa shape index (κ2) is 9.24. The Bertz CT molecular complexity index is 945. The van der Waals surface area contributed by atoms with E-state index in [0.29, 0.717) is 43.4 Å². The summed E-state index contributed by atoms with van der Waals surface area (Å²) in [4.78, 5) is 19.3. The van der Waals surface area contributed by atoms with Crippen molar-refractivity contribution in [3.8, 4) is 11.5 Å². The minimum Gasteiger partial charge on any atom is -0.490 e. The first kappa shape index (κ1) is 19.0. The molecule has 0 N–H and O–H groups in total. The number of aromatic nitrogens is 1. The number of ether oxygens (including phenoxy) is 2. The number of carbonyl (C=O) groups is 1. The molecule has 1 aliphatic rings. The molecule has 0 unspecified atom stereocenters. The van der Waals surface area contributed by atoms with Crippen LogP contribution < -0.4 is 9.47 Å². The molecule has 3 aromatic rings. The number of fused-ring (bicyclic) bond motifs is 1. The third kappa shape index (κ3) is 4.93. The summed E-state index contributed by atoms with van der Waals surface area (Å²) in [5.41, 5.74) is 2.87. The number of nitrogens with zero attached hydrogens (tertiary/aromatic N) is 2. The largest absolute Gasteiger partial charge is 0.490 e. The molecule has 0 atom stereocenters. The molecular weight excluding hydrogens is 364 g/mol. The maximum Gasteiger partial charge on any atom is 0.254 e. The first-order valence-electron chi connectivity index (χ1n) is 9.91. The van der Waals surface area contributed by atoms with Crippen molar-refractivity contribution in [2.75, 3.05) is 19.8 Å². The predicted molar refractivity (Wildman–Crippen MR) is 111 cm³/mol. The Hall–Kier alpha value is -3.34. The standard InChI is InChI=1S/C24H24N2O3/c27-24(21-7-8-22-23(17-21)29-16-4-15-28-22)26(18-20-9-12-25-13-10-20)14-11-19-5-2-1-3-6-19/h1-3,5-10,12-13,17H,4,11,14-16,18H2. The molecule has 5 heteroatoms. The van der Waals surface area contributed by atoms with Crippen LogP contribution >= 0.6 is 0 Å². The van der Waals surface area contributed by atoms with E-state index in [1.165, 1.54) is 5.56 Å². The van der Waals surface area contributed by atoms with Crippen LogP contribution in [0.15, 0.2) is 73.1 Å². The Balaban J connectivity index is 1.55. The second-order valence-electron chi connectivity index (χ2n) is 7.03. The van der Waals surface area contributed by atoms with Crippen molar-refractivity contribution >= 4 is 5.91 Å². The van der Waals surface area contributed by atoms with Crippen LogP contribution in [0.5, 0.6) is 11.5 Å². The van der Waals surface area contributed by atoms with Crippen molar-refractivity contribution in [3.05, 3.63) is 89.7 Å². The average molecular weight is 388 g/mol. The van der Waals surface area contributed by atoms with Crippen molar-refractivity contribution in [1.29, 1.82) is 0 Å². The zero-order valence-corrected chi connectivity index (χ0v) is 16.3. The van der Waals surface area contributed by atoms with Gasteiger partial charge < -0.3 is 14.4 Å². The SMILES string of the molecule is O=C(c1ccc2c(c1)OCCCO2)N(CCc1ccccc1)Cc1ccncc1.